The van der Waals surface area contributed by atoms with Crippen molar-refractivity contribution in [1.29, 1.82) is 0 Å². The van der Waals surface area contributed by atoms with Crippen molar-refractivity contribution in [2.75, 3.05) is 0 Å². The van der Waals surface area contributed by atoms with Crippen LogP contribution < -0.4 is 11.5 Å². The highest BCUT2D eigenvalue weighted by Gasteiger charge is 2.22. The third-order valence-electron chi connectivity index (χ3n) is 4.26. The second-order valence-corrected chi connectivity index (χ2v) is 6.46. The molecule has 0 radical (unpaired) electrons. The van der Waals surface area contributed by atoms with Crippen molar-refractivity contribution in [3.05, 3.63) is 69.8 Å². The zero-order valence-corrected chi connectivity index (χ0v) is 16.9. The molecule has 0 aromatic heterocycles. The van der Waals surface area contributed by atoms with Crippen molar-refractivity contribution in [2.24, 2.45) is 11.5 Å². The molecule has 0 aliphatic rings. The van der Waals surface area contributed by atoms with Crippen LogP contribution in [0.15, 0.2) is 36.4 Å². The van der Waals surface area contributed by atoms with E-state index in [2.05, 4.69) is 0 Å². The third-order valence-corrected chi connectivity index (χ3v) is 4.26. The summed E-state index contributed by atoms with van der Waals surface area (Å²) in [5, 5.41) is 52.4. The second kappa shape index (κ2) is 11.2. The van der Waals surface area contributed by atoms with Crippen molar-refractivity contribution < 1.29 is 59.4 Å². The molecule has 0 unspecified atom stereocenters. The number of carbonyl (C=O) groups is 6. The van der Waals surface area contributed by atoms with Gasteiger partial charge in [-0.15, -0.1) is 0 Å². The predicted octanol–water partition coefficient (Wildman–Crippen LogP) is 0.335. The molecule has 10 N–H and O–H groups in total. The summed E-state index contributed by atoms with van der Waals surface area (Å²) in [6, 6.07) is 3.50. The lowest BCUT2D eigenvalue weighted by molar-refractivity contribution is -0.139. The SMILES string of the molecule is N[C@@H](C(=O)O)c1ccc(C(=O)O)c(C(=O)O)c1.N[C@@H](C(=O)O)c1ccc(C(=O)O)c(C(=O)O)c1. The van der Waals surface area contributed by atoms with E-state index >= 15 is 0 Å². The van der Waals surface area contributed by atoms with Gasteiger partial charge in [0.15, 0.2) is 0 Å². The maximum Gasteiger partial charge on any atom is 0.336 e. The van der Waals surface area contributed by atoms with Crippen LogP contribution in [-0.2, 0) is 9.59 Å². The lowest BCUT2D eigenvalue weighted by Gasteiger charge is -2.09. The van der Waals surface area contributed by atoms with Crippen LogP contribution >= 0.6 is 0 Å². The van der Waals surface area contributed by atoms with Gasteiger partial charge in [0.05, 0.1) is 22.3 Å². The highest BCUT2D eigenvalue weighted by atomic mass is 16.4. The minimum atomic E-state index is -1.46. The Morgan fingerprint density at radius 2 is 0.765 bits per heavy atom. The Bertz CT molecular complexity index is 1080. The first-order valence-electron chi connectivity index (χ1n) is 8.86. The third kappa shape index (κ3) is 6.59. The minimum Gasteiger partial charge on any atom is -0.480 e. The number of rotatable bonds is 8. The fraction of sp³-hybridized carbons (Fsp3) is 0.100. The predicted molar refractivity (Wildman–Crippen MR) is 110 cm³/mol. The Balaban J connectivity index is 0.000000340. The van der Waals surface area contributed by atoms with Crippen LogP contribution in [0, 0.1) is 0 Å². The highest BCUT2D eigenvalue weighted by molar-refractivity contribution is 6.02. The van der Waals surface area contributed by atoms with Crippen LogP contribution in [0.4, 0.5) is 0 Å². The van der Waals surface area contributed by atoms with Gasteiger partial charge in [0.2, 0.25) is 0 Å². The van der Waals surface area contributed by atoms with Crippen LogP contribution in [0.5, 0.6) is 0 Å². The van der Waals surface area contributed by atoms with Crippen LogP contribution in [0.2, 0.25) is 0 Å². The van der Waals surface area contributed by atoms with Gasteiger partial charge in [-0.2, -0.15) is 0 Å². The summed E-state index contributed by atoms with van der Waals surface area (Å²) in [5.74, 6) is -8.38. The molecule has 0 fully saturated rings. The maximum absolute atomic E-state index is 10.8. The first-order valence-corrected chi connectivity index (χ1v) is 8.86. The largest absolute Gasteiger partial charge is 0.480 e. The average Bonchev–Trinajstić information content (AvgIpc) is 2.77. The molecule has 0 aliphatic carbocycles. The van der Waals surface area contributed by atoms with Crippen LogP contribution in [0.3, 0.4) is 0 Å². The van der Waals surface area contributed by atoms with Crippen molar-refractivity contribution in [3.8, 4) is 0 Å². The summed E-state index contributed by atoms with van der Waals surface area (Å²) in [7, 11) is 0. The summed E-state index contributed by atoms with van der Waals surface area (Å²) in [6.07, 6.45) is 0. The molecule has 14 nitrogen and oxygen atoms in total. The van der Waals surface area contributed by atoms with Crippen molar-refractivity contribution in [3.63, 3.8) is 0 Å². The number of nitrogens with two attached hydrogens (primary N) is 2. The molecule has 0 heterocycles. The van der Waals surface area contributed by atoms with E-state index in [0.717, 1.165) is 24.3 Å². The lowest BCUT2D eigenvalue weighted by Crippen LogP contribution is -2.21. The molecule has 0 spiro atoms. The summed E-state index contributed by atoms with van der Waals surface area (Å²) >= 11 is 0. The number of aliphatic carboxylic acids is 2. The minimum absolute atomic E-state index is 0.0277. The van der Waals surface area contributed by atoms with E-state index < -0.39 is 70.2 Å². The standard InChI is InChI=1S/2C10H9NO6/c2*11-7(10(16)17)4-1-2-5(8(12)13)6(3-4)9(14)15/h2*1-3,7H,11H2,(H,12,13)(H,14,15)(H,16,17)/t2*7-/m11/s1. The molecule has 0 saturated heterocycles. The van der Waals surface area contributed by atoms with E-state index in [-0.39, 0.29) is 11.1 Å². The van der Waals surface area contributed by atoms with E-state index in [1.54, 1.807) is 0 Å². The van der Waals surface area contributed by atoms with Crippen LogP contribution in [0.1, 0.15) is 64.6 Å². The van der Waals surface area contributed by atoms with Crippen molar-refractivity contribution in [2.45, 2.75) is 12.1 Å². The van der Waals surface area contributed by atoms with Crippen LogP contribution in [0.25, 0.3) is 0 Å². The molecule has 14 heteroatoms. The first-order chi connectivity index (χ1) is 15.7. The van der Waals surface area contributed by atoms with E-state index in [0.29, 0.717) is 0 Å². The number of aromatic carboxylic acids is 4. The van der Waals surface area contributed by atoms with Gasteiger partial charge in [-0.25, -0.2) is 19.2 Å². The number of carboxylic acids is 6. The maximum atomic E-state index is 10.8. The van der Waals surface area contributed by atoms with Gasteiger partial charge in [-0.1, -0.05) is 12.1 Å². The van der Waals surface area contributed by atoms with Crippen molar-refractivity contribution in [1.82, 2.24) is 0 Å². The van der Waals surface area contributed by atoms with Gasteiger partial charge in [0.25, 0.3) is 0 Å². The number of hydrogen-bond acceptors (Lipinski definition) is 8. The quantitative estimate of drug-likeness (QED) is 0.254. The molecular weight excluding hydrogens is 460 g/mol. The smallest absolute Gasteiger partial charge is 0.336 e. The average molecular weight is 478 g/mol. The van der Waals surface area contributed by atoms with Gasteiger partial charge >= 0.3 is 35.8 Å². The molecule has 2 rings (SSSR count). The fourth-order valence-corrected chi connectivity index (χ4v) is 2.52. The zero-order chi connectivity index (χ0) is 26.3. The van der Waals surface area contributed by atoms with E-state index in [1.807, 2.05) is 0 Å². The normalized spacial score (nSPS) is 11.8. The molecule has 2 atom stereocenters. The Hall–Kier alpha value is -4.82. The Morgan fingerprint density at radius 1 is 0.500 bits per heavy atom. The van der Waals surface area contributed by atoms with Gasteiger partial charge in [0, 0.05) is 0 Å². The number of carboxylic acid groups (broad SMARTS) is 6. The van der Waals surface area contributed by atoms with E-state index in [4.69, 9.17) is 42.1 Å². The topological polar surface area (TPSA) is 276 Å². The van der Waals surface area contributed by atoms with Gasteiger partial charge in [0.1, 0.15) is 12.1 Å². The number of benzene rings is 2. The second-order valence-electron chi connectivity index (χ2n) is 6.46. The molecular formula is C20H18N2O12. The summed E-state index contributed by atoms with van der Waals surface area (Å²) in [4.78, 5) is 64.3. The summed E-state index contributed by atoms with van der Waals surface area (Å²) in [5.41, 5.74) is 8.82. The highest BCUT2D eigenvalue weighted by Crippen LogP contribution is 2.18. The van der Waals surface area contributed by atoms with E-state index in [9.17, 15) is 28.8 Å². The molecule has 2 aromatic carbocycles. The van der Waals surface area contributed by atoms with Crippen molar-refractivity contribution >= 4 is 35.8 Å². The molecule has 2 aromatic rings. The lowest BCUT2D eigenvalue weighted by atomic mass is 10.00. The molecule has 180 valence electrons. The fourth-order valence-electron chi connectivity index (χ4n) is 2.52. The van der Waals surface area contributed by atoms with E-state index in [1.165, 1.54) is 12.1 Å². The molecule has 34 heavy (non-hydrogen) atoms. The summed E-state index contributed by atoms with van der Waals surface area (Å²) < 4.78 is 0. The number of hydrogen-bond donors (Lipinski definition) is 8. The molecule has 0 bridgehead atoms. The van der Waals surface area contributed by atoms with Gasteiger partial charge < -0.3 is 42.1 Å². The molecule has 0 aliphatic heterocycles. The molecule has 0 amide bonds. The van der Waals surface area contributed by atoms with Gasteiger partial charge in [-0.3, -0.25) is 9.59 Å². The zero-order valence-electron chi connectivity index (χ0n) is 16.9. The Morgan fingerprint density at radius 3 is 0.971 bits per heavy atom. The Kier molecular flexibility index (Phi) is 8.94. The first kappa shape index (κ1) is 27.2. The van der Waals surface area contributed by atoms with Gasteiger partial charge in [-0.05, 0) is 35.4 Å². The molecule has 0 saturated carbocycles. The monoisotopic (exact) mass is 478 g/mol. The van der Waals surface area contributed by atoms with Crippen LogP contribution in [-0.4, -0.2) is 66.5 Å². The summed E-state index contributed by atoms with van der Waals surface area (Å²) in [6.45, 7) is 0. The Labute approximate surface area is 189 Å².